The molecule has 0 aliphatic carbocycles. The third kappa shape index (κ3) is 2.25. The van der Waals surface area contributed by atoms with Crippen molar-refractivity contribution < 1.29 is 13.5 Å². The largest absolute Gasteiger partial charge is 0.395 e. The molecule has 0 aromatic heterocycles. The second-order valence-electron chi connectivity index (χ2n) is 1.58. The molecule has 0 aliphatic heterocycles. The van der Waals surface area contributed by atoms with Gasteiger partial charge < -0.3 is 5.11 Å². The molecule has 8 heavy (non-hydrogen) atoms. The van der Waals surface area contributed by atoms with Crippen molar-refractivity contribution in [2.45, 2.75) is 12.2 Å². The van der Waals surface area contributed by atoms with Crippen molar-refractivity contribution in [1.82, 2.24) is 0 Å². The van der Waals surface area contributed by atoms with E-state index in [1.165, 1.54) is 6.92 Å². The smallest absolute Gasteiger partial charge is 0.213 e. The van der Waals surface area contributed by atoms with Crippen molar-refractivity contribution in [2.75, 3.05) is 6.61 Å². The van der Waals surface area contributed by atoms with Crippen molar-refractivity contribution >= 4 is 10.0 Å². The summed E-state index contributed by atoms with van der Waals surface area (Å²) in [5.41, 5.74) is 0. The molecular weight excluding hydrogens is 130 g/mol. The molecule has 0 heterocycles. The van der Waals surface area contributed by atoms with E-state index in [4.69, 9.17) is 5.11 Å². The normalized spacial score (nSPS) is 15.9. The van der Waals surface area contributed by atoms with Crippen LogP contribution in [0.4, 0.5) is 0 Å². The van der Waals surface area contributed by atoms with Crippen molar-refractivity contribution in [3.05, 3.63) is 0 Å². The van der Waals surface area contributed by atoms with E-state index < -0.39 is 21.9 Å². The summed E-state index contributed by atoms with van der Waals surface area (Å²) in [5.74, 6) is 0. The molecule has 0 spiro atoms. The number of sulfonamides is 1. The molecule has 0 saturated carbocycles. The molecule has 0 saturated heterocycles. The summed E-state index contributed by atoms with van der Waals surface area (Å²) in [4.78, 5) is 0. The van der Waals surface area contributed by atoms with E-state index in [1.807, 2.05) is 0 Å². The molecule has 0 fully saturated rings. The molecular formula is C3H9NO3S. The zero-order valence-electron chi connectivity index (χ0n) is 4.53. The van der Waals surface area contributed by atoms with Gasteiger partial charge in [0.25, 0.3) is 0 Å². The lowest BCUT2D eigenvalue weighted by molar-refractivity contribution is 0.295. The molecule has 1 unspecified atom stereocenters. The lowest BCUT2D eigenvalue weighted by Crippen LogP contribution is -2.28. The van der Waals surface area contributed by atoms with Gasteiger partial charge in [0.2, 0.25) is 10.0 Å². The van der Waals surface area contributed by atoms with E-state index in [0.29, 0.717) is 0 Å². The van der Waals surface area contributed by atoms with Gasteiger partial charge in [0.15, 0.2) is 0 Å². The van der Waals surface area contributed by atoms with Gasteiger partial charge in [0, 0.05) is 0 Å². The van der Waals surface area contributed by atoms with Crippen molar-refractivity contribution in [1.29, 1.82) is 0 Å². The fourth-order valence-electron chi connectivity index (χ4n) is 0.104. The molecule has 0 aliphatic rings. The minimum absolute atomic E-state index is 0.418. The monoisotopic (exact) mass is 139 g/mol. The Morgan fingerprint density at radius 1 is 1.75 bits per heavy atom. The van der Waals surface area contributed by atoms with Gasteiger partial charge in [-0.2, -0.15) is 0 Å². The Kier molecular flexibility index (Phi) is 2.39. The average Bonchev–Trinajstić information content (AvgIpc) is 1.62. The predicted molar refractivity (Wildman–Crippen MR) is 29.7 cm³/mol. The van der Waals surface area contributed by atoms with Crippen LogP contribution < -0.4 is 5.14 Å². The molecule has 3 N–H and O–H groups in total. The summed E-state index contributed by atoms with van der Waals surface area (Å²) >= 11 is 0. The number of hydrogen-bond donors (Lipinski definition) is 2. The van der Waals surface area contributed by atoms with Gasteiger partial charge in [-0.15, -0.1) is 0 Å². The molecule has 50 valence electrons. The van der Waals surface area contributed by atoms with Crippen molar-refractivity contribution in [3.8, 4) is 0 Å². The molecule has 0 radical (unpaired) electrons. The summed E-state index contributed by atoms with van der Waals surface area (Å²) in [6.45, 7) is 0.925. The lowest BCUT2D eigenvalue weighted by atomic mass is 10.5. The maximum atomic E-state index is 10.2. The minimum atomic E-state index is -3.50. The van der Waals surface area contributed by atoms with Crippen LogP contribution in [0.1, 0.15) is 6.92 Å². The van der Waals surface area contributed by atoms with Crippen LogP contribution in [0.2, 0.25) is 0 Å². The zero-order chi connectivity index (χ0) is 6.78. The van der Waals surface area contributed by atoms with Gasteiger partial charge in [-0.1, -0.05) is 0 Å². The first-order valence-electron chi connectivity index (χ1n) is 2.11. The lowest BCUT2D eigenvalue weighted by Gasteiger charge is -2.01. The molecule has 5 heteroatoms. The fourth-order valence-corrected chi connectivity index (χ4v) is 0.312. The van der Waals surface area contributed by atoms with Gasteiger partial charge >= 0.3 is 0 Å². The van der Waals surface area contributed by atoms with E-state index in [2.05, 4.69) is 5.14 Å². The van der Waals surface area contributed by atoms with Crippen LogP contribution in [0.5, 0.6) is 0 Å². The Balaban J connectivity index is 4.04. The topological polar surface area (TPSA) is 80.4 Å². The van der Waals surface area contributed by atoms with Crippen LogP contribution in [-0.2, 0) is 10.0 Å². The number of hydrogen-bond acceptors (Lipinski definition) is 3. The Morgan fingerprint density at radius 2 is 2.12 bits per heavy atom. The maximum absolute atomic E-state index is 10.2. The van der Waals surface area contributed by atoms with Crippen LogP contribution in [0.25, 0.3) is 0 Å². The highest BCUT2D eigenvalue weighted by Gasteiger charge is 2.12. The molecule has 0 amide bonds. The number of aliphatic hydroxyl groups excluding tert-OH is 1. The van der Waals surface area contributed by atoms with Crippen LogP contribution in [0.15, 0.2) is 0 Å². The molecule has 0 rings (SSSR count). The Morgan fingerprint density at radius 3 is 2.12 bits per heavy atom. The first-order chi connectivity index (χ1) is 3.48. The Bertz CT molecular complexity index is 150. The number of aliphatic hydroxyl groups is 1. The van der Waals surface area contributed by atoms with Gasteiger partial charge in [0.05, 0.1) is 11.9 Å². The second-order valence-corrected chi connectivity index (χ2v) is 3.57. The first kappa shape index (κ1) is 7.87. The summed E-state index contributed by atoms with van der Waals surface area (Å²) < 4.78 is 20.4. The standard InChI is InChI=1S/C3H9NO3S/c1-3(2-5)8(4,6)7/h3,5H,2H2,1H3,(H2,4,6,7). The minimum Gasteiger partial charge on any atom is -0.395 e. The average molecular weight is 139 g/mol. The van der Waals surface area contributed by atoms with Gasteiger partial charge in [-0.3, -0.25) is 0 Å². The molecule has 1 atom stereocenters. The van der Waals surface area contributed by atoms with Crippen LogP contribution in [0.3, 0.4) is 0 Å². The second kappa shape index (κ2) is 2.43. The predicted octanol–water partition coefficient (Wildman–Crippen LogP) is -1.34. The summed E-state index contributed by atoms with van der Waals surface area (Å²) in [7, 11) is -3.50. The van der Waals surface area contributed by atoms with Crippen LogP contribution in [0, 0.1) is 0 Å². The SMILES string of the molecule is CC(CO)S(N)(=O)=O. The fraction of sp³-hybridized carbons (Fsp3) is 1.00. The maximum Gasteiger partial charge on any atom is 0.213 e. The van der Waals surface area contributed by atoms with E-state index in [1.54, 1.807) is 0 Å². The third-order valence-electron chi connectivity index (χ3n) is 0.818. The highest BCUT2D eigenvalue weighted by atomic mass is 32.2. The molecule has 0 aromatic rings. The van der Waals surface area contributed by atoms with E-state index in [9.17, 15) is 8.42 Å². The van der Waals surface area contributed by atoms with Crippen molar-refractivity contribution in [2.24, 2.45) is 5.14 Å². The Labute approximate surface area is 48.4 Å². The van der Waals surface area contributed by atoms with E-state index >= 15 is 0 Å². The molecule has 0 aromatic carbocycles. The summed E-state index contributed by atoms with van der Waals surface area (Å²) in [6, 6.07) is 0. The summed E-state index contributed by atoms with van der Waals surface area (Å²) in [6.07, 6.45) is 0. The third-order valence-corrected chi connectivity index (χ3v) is 2.09. The number of rotatable bonds is 2. The molecule has 0 bridgehead atoms. The highest BCUT2D eigenvalue weighted by Crippen LogP contribution is 1.89. The summed E-state index contributed by atoms with van der Waals surface area (Å²) in [5, 5.41) is 12.0. The van der Waals surface area contributed by atoms with Crippen molar-refractivity contribution in [3.63, 3.8) is 0 Å². The van der Waals surface area contributed by atoms with Gasteiger partial charge in [-0.25, -0.2) is 13.6 Å². The first-order valence-corrected chi connectivity index (χ1v) is 3.72. The zero-order valence-corrected chi connectivity index (χ0v) is 5.35. The van der Waals surface area contributed by atoms with E-state index in [-0.39, 0.29) is 0 Å². The van der Waals surface area contributed by atoms with Crippen LogP contribution >= 0.6 is 0 Å². The van der Waals surface area contributed by atoms with Gasteiger partial charge in [0.1, 0.15) is 0 Å². The van der Waals surface area contributed by atoms with Crippen LogP contribution in [-0.4, -0.2) is 25.4 Å². The number of primary sulfonamides is 1. The van der Waals surface area contributed by atoms with E-state index in [0.717, 1.165) is 0 Å². The van der Waals surface area contributed by atoms with Gasteiger partial charge in [-0.05, 0) is 6.92 Å². The quantitative estimate of drug-likeness (QED) is 0.496. The Hall–Kier alpha value is -0.130. The molecule has 4 nitrogen and oxygen atoms in total. The highest BCUT2D eigenvalue weighted by molar-refractivity contribution is 7.89. The number of nitrogens with two attached hydrogens (primary N) is 1.